The first-order chi connectivity index (χ1) is 9.13. The zero-order chi connectivity index (χ0) is 13.8. The van der Waals surface area contributed by atoms with E-state index in [2.05, 4.69) is 4.98 Å². The lowest BCUT2D eigenvalue weighted by Gasteiger charge is -2.05. The van der Waals surface area contributed by atoms with Gasteiger partial charge in [0.2, 0.25) is 5.89 Å². The van der Waals surface area contributed by atoms with Crippen LogP contribution in [-0.2, 0) is 4.74 Å². The highest BCUT2D eigenvalue weighted by molar-refractivity contribution is 5.89. The van der Waals surface area contributed by atoms with E-state index < -0.39 is 11.6 Å². The van der Waals surface area contributed by atoms with E-state index in [-0.39, 0.29) is 23.8 Å². The van der Waals surface area contributed by atoms with Crippen LogP contribution in [0.15, 0.2) is 39.5 Å². The second kappa shape index (κ2) is 5.48. The van der Waals surface area contributed by atoms with Gasteiger partial charge in [0, 0.05) is 5.56 Å². The molecule has 0 aliphatic carbocycles. The SMILES string of the molecule is CCOC(=O)c1nc(-c2ccccc2)oc(=O)c1C. The van der Waals surface area contributed by atoms with E-state index in [0.717, 1.165) is 0 Å². The average molecular weight is 259 g/mol. The van der Waals surface area contributed by atoms with Crippen LogP contribution in [0.25, 0.3) is 11.5 Å². The molecule has 0 spiro atoms. The summed E-state index contributed by atoms with van der Waals surface area (Å²) in [5.41, 5.74) is 0.192. The fourth-order valence-corrected chi connectivity index (χ4v) is 1.57. The Morgan fingerprint density at radius 3 is 2.63 bits per heavy atom. The molecular formula is C14H13NO4. The van der Waals surface area contributed by atoms with Crippen molar-refractivity contribution in [1.82, 2.24) is 4.98 Å². The minimum Gasteiger partial charge on any atom is -0.461 e. The van der Waals surface area contributed by atoms with Crippen LogP contribution in [0.2, 0.25) is 0 Å². The molecule has 0 unspecified atom stereocenters. The van der Waals surface area contributed by atoms with Crippen LogP contribution in [-0.4, -0.2) is 17.6 Å². The van der Waals surface area contributed by atoms with Gasteiger partial charge in [0.15, 0.2) is 5.69 Å². The van der Waals surface area contributed by atoms with Crippen molar-refractivity contribution in [3.05, 3.63) is 52.0 Å². The number of esters is 1. The number of hydrogen-bond donors (Lipinski definition) is 0. The molecule has 0 aliphatic heterocycles. The maximum absolute atomic E-state index is 11.7. The van der Waals surface area contributed by atoms with Crippen molar-refractivity contribution >= 4 is 5.97 Å². The fourth-order valence-electron chi connectivity index (χ4n) is 1.57. The van der Waals surface area contributed by atoms with Crippen molar-refractivity contribution in [3.63, 3.8) is 0 Å². The molecule has 0 atom stereocenters. The number of hydrogen-bond acceptors (Lipinski definition) is 5. The zero-order valence-corrected chi connectivity index (χ0v) is 10.7. The molecule has 5 nitrogen and oxygen atoms in total. The highest BCUT2D eigenvalue weighted by Crippen LogP contribution is 2.16. The smallest absolute Gasteiger partial charge is 0.357 e. The van der Waals surface area contributed by atoms with Gasteiger partial charge in [-0.2, -0.15) is 0 Å². The molecule has 0 bridgehead atoms. The summed E-state index contributed by atoms with van der Waals surface area (Å²) in [5, 5.41) is 0. The topological polar surface area (TPSA) is 69.4 Å². The lowest BCUT2D eigenvalue weighted by molar-refractivity contribution is 0.0516. The minimum atomic E-state index is -0.620. The van der Waals surface area contributed by atoms with Crippen molar-refractivity contribution in [2.45, 2.75) is 13.8 Å². The number of benzene rings is 1. The lowest BCUT2D eigenvalue weighted by atomic mass is 10.2. The summed E-state index contributed by atoms with van der Waals surface area (Å²) in [6.45, 7) is 3.40. The van der Waals surface area contributed by atoms with Crippen LogP contribution in [0, 0.1) is 6.92 Å². The molecule has 0 amide bonds. The van der Waals surface area contributed by atoms with Gasteiger partial charge >= 0.3 is 11.6 Å². The van der Waals surface area contributed by atoms with Crippen molar-refractivity contribution in [2.75, 3.05) is 6.61 Å². The summed E-state index contributed by atoms with van der Waals surface area (Å²) >= 11 is 0. The molecule has 2 aromatic rings. The molecule has 1 heterocycles. The van der Waals surface area contributed by atoms with E-state index in [0.29, 0.717) is 5.56 Å². The number of nitrogens with zero attached hydrogens (tertiary/aromatic N) is 1. The van der Waals surface area contributed by atoms with Crippen molar-refractivity contribution in [3.8, 4) is 11.5 Å². The summed E-state index contributed by atoms with van der Waals surface area (Å²) in [6, 6.07) is 8.91. The molecule has 1 aromatic heterocycles. The summed E-state index contributed by atoms with van der Waals surface area (Å²) < 4.78 is 9.96. The lowest BCUT2D eigenvalue weighted by Crippen LogP contribution is -2.17. The Bertz CT molecular complexity index is 646. The fraction of sp³-hybridized carbons (Fsp3) is 0.214. The van der Waals surface area contributed by atoms with Gasteiger partial charge < -0.3 is 9.15 Å². The first-order valence-electron chi connectivity index (χ1n) is 5.87. The van der Waals surface area contributed by atoms with Crippen molar-refractivity contribution in [1.29, 1.82) is 0 Å². The largest absolute Gasteiger partial charge is 0.461 e. The molecular weight excluding hydrogens is 246 g/mol. The Kier molecular flexibility index (Phi) is 3.75. The van der Waals surface area contributed by atoms with Crippen molar-refractivity contribution in [2.24, 2.45) is 0 Å². The standard InChI is InChI=1S/C14H13NO4/c1-3-18-14(17)11-9(2)13(16)19-12(15-11)10-7-5-4-6-8-10/h4-8H,3H2,1-2H3. The first-order valence-corrected chi connectivity index (χ1v) is 5.87. The third-order valence-electron chi connectivity index (χ3n) is 2.55. The highest BCUT2D eigenvalue weighted by atomic mass is 16.5. The van der Waals surface area contributed by atoms with E-state index in [4.69, 9.17) is 9.15 Å². The van der Waals surface area contributed by atoms with Gasteiger partial charge in [-0.3, -0.25) is 0 Å². The number of rotatable bonds is 3. The van der Waals surface area contributed by atoms with Crippen LogP contribution in [0.5, 0.6) is 0 Å². The predicted molar refractivity (Wildman–Crippen MR) is 68.9 cm³/mol. The number of ether oxygens (including phenoxy) is 1. The second-order valence-corrected chi connectivity index (χ2v) is 3.87. The summed E-state index contributed by atoms with van der Waals surface area (Å²) in [4.78, 5) is 27.5. The third kappa shape index (κ3) is 2.70. The molecule has 5 heteroatoms. The van der Waals surface area contributed by atoms with Crippen LogP contribution in [0.1, 0.15) is 23.0 Å². The third-order valence-corrected chi connectivity index (χ3v) is 2.55. The Balaban J connectivity index is 2.54. The minimum absolute atomic E-state index is 0.00282. The number of aromatic nitrogens is 1. The number of carbonyl (C=O) groups excluding carboxylic acids is 1. The molecule has 0 saturated heterocycles. The maximum Gasteiger partial charge on any atom is 0.357 e. The Hall–Kier alpha value is -2.43. The van der Waals surface area contributed by atoms with E-state index in [9.17, 15) is 9.59 Å². The molecule has 0 N–H and O–H groups in total. The Labute approximate surface area is 109 Å². The van der Waals surface area contributed by atoms with E-state index in [1.807, 2.05) is 6.07 Å². The highest BCUT2D eigenvalue weighted by Gasteiger charge is 2.18. The maximum atomic E-state index is 11.7. The molecule has 0 saturated carbocycles. The van der Waals surface area contributed by atoms with E-state index >= 15 is 0 Å². The quantitative estimate of drug-likeness (QED) is 0.790. The summed E-state index contributed by atoms with van der Waals surface area (Å²) in [7, 11) is 0. The van der Waals surface area contributed by atoms with E-state index in [1.54, 1.807) is 31.2 Å². The molecule has 2 rings (SSSR count). The van der Waals surface area contributed by atoms with Crippen LogP contribution in [0.3, 0.4) is 0 Å². The van der Waals surface area contributed by atoms with Crippen molar-refractivity contribution < 1.29 is 13.9 Å². The molecule has 0 aliphatic rings. The normalized spacial score (nSPS) is 10.2. The predicted octanol–water partition coefficient (Wildman–Crippen LogP) is 2.19. The summed E-state index contributed by atoms with van der Waals surface area (Å²) in [6.07, 6.45) is 0. The first kappa shape index (κ1) is 13.0. The summed E-state index contributed by atoms with van der Waals surface area (Å²) in [5.74, 6) is -0.510. The number of carbonyl (C=O) groups is 1. The molecule has 0 fully saturated rings. The van der Waals surface area contributed by atoms with Gasteiger partial charge in [-0.05, 0) is 26.0 Å². The van der Waals surface area contributed by atoms with Gasteiger partial charge in [-0.1, -0.05) is 18.2 Å². The van der Waals surface area contributed by atoms with E-state index in [1.165, 1.54) is 6.92 Å². The monoisotopic (exact) mass is 259 g/mol. The van der Waals surface area contributed by atoms with Crippen LogP contribution < -0.4 is 5.63 Å². The van der Waals surface area contributed by atoms with Crippen LogP contribution in [0.4, 0.5) is 0 Å². The molecule has 0 radical (unpaired) electrons. The second-order valence-electron chi connectivity index (χ2n) is 3.87. The van der Waals surface area contributed by atoms with Gasteiger partial charge in [-0.15, -0.1) is 0 Å². The zero-order valence-electron chi connectivity index (χ0n) is 10.7. The Morgan fingerprint density at radius 2 is 2.00 bits per heavy atom. The van der Waals surface area contributed by atoms with Crippen LogP contribution >= 0.6 is 0 Å². The molecule has 1 aromatic carbocycles. The molecule has 98 valence electrons. The van der Waals surface area contributed by atoms with Gasteiger partial charge in [0.1, 0.15) is 0 Å². The van der Waals surface area contributed by atoms with Gasteiger partial charge in [-0.25, -0.2) is 14.6 Å². The van der Waals surface area contributed by atoms with Gasteiger partial charge in [0.05, 0.1) is 12.2 Å². The Morgan fingerprint density at radius 1 is 1.32 bits per heavy atom. The van der Waals surface area contributed by atoms with Gasteiger partial charge in [0.25, 0.3) is 0 Å². The molecule has 19 heavy (non-hydrogen) atoms. The average Bonchev–Trinajstić information content (AvgIpc) is 2.43.